The highest BCUT2D eigenvalue weighted by atomic mass is 16.3. The Hall–Kier alpha value is -1.51. The Morgan fingerprint density at radius 2 is 1.27 bits per heavy atom. The number of aliphatic hydroxyl groups is 2. The molecular formula is C12H20O3. The van der Waals surface area contributed by atoms with E-state index in [4.69, 9.17) is 0 Å². The molecule has 0 radical (unpaired) electrons. The topological polar surface area (TPSA) is 57.5 Å². The SMILES string of the molecule is C.C=C(C)C(=C(C)O)C(C(C)=O)=C(C)O. The fourth-order valence-corrected chi connectivity index (χ4v) is 1.31. The van der Waals surface area contributed by atoms with E-state index in [9.17, 15) is 15.0 Å². The summed E-state index contributed by atoms with van der Waals surface area (Å²) in [5, 5.41) is 18.7. The van der Waals surface area contributed by atoms with Gasteiger partial charge < -0.3 is 10.2 Å². The van der Waals surface area contributed by atoms with Crippen molar-refractivity contribution in [1.29, 1.82) is 0 Å². The van der Waals surface area contributed by atoms with Gasteiger partial charge in [0.15, 0.2) is 5.78 Å². The predicted octanol–water partition coefficient (Wildman–Crippen LogP) is 3.45. The van der Waals surface area contributed by atoms with E-state index in [0.29, 0.717) is 11.1 Å². The molecular weight excluding hydrogens is 192 g/mol. The van der Waals surface area contributed by atoms with Crippen LogP contribution in [0.3, 0.4) is 0 Å². The third kappa shape index (κ3) is 4.02. The minimum absolute atomic E-state index is 0. The lowest BCUT2D eigenvalue weighted by molar-refractivity contribution is -0.113. The standard InChI is InChI=1S/C11H16O3.CH4/c1-6(2)10(7(3)12)11(8(4)13)9(5)14;/h12-13H,1H2,2-5H3;1H4. The lowest BCUT2D eigenvalue weighted by Gasteiger charge is -2.11. The van der Waals surface area contributed by atoms with Gasteiger partial charge in [0.2, 0.25) is 0 Å². The summed E-state index contributed by atoms with van der Waals surface area (Å²) in [6.07, 6.45) is 0. The number of carbonyl (C=O) groups is 1. The molecule has 0 aromatic carbocycles. The first-order valence-electron chi connectivity index (χ1n) is 4.25. The molecule has 0 saturated heterocycles. The first-order chi connectivity index (χ1) is 6.29. The van der Waals surface area contributed by atoms with Crippen LogP contribution in [-0.4, -0.2) is 16.0 Å². The van der Waals surface area contributed by atoms with Crippen LogP contribution in [0.4, 0.5) is 0 Å². The van der Waals surface area contributed by atoms with Gasteiger partial charge in [0.1, 0.15) is 5.76 Å². The zero-order valence-electron chi connectivity index (χ0n) is 9.01. The average Bonchev–Trinajstić information content (AvgIpc) is 1.96. The molecule has 2 N–H and O–H groups in total. The molecule has 0 aliphatic carbocycles. The van der Waals surface area contributed by atoms with Crippen molar-refractivity contribution < 1.29 is 15.0 Å². The Balaban J connectivity index is 0. The third-order valence-electron chi connectivity index (χ3n) is 1.75. The molecule has 0 aromatic rings. The second-order valence-electron chi connectivity index (χ2n) is 3.26. The van der Waals surface area contributed by atoms with Crippen LogP contribution in [0.2, 0.25) is 0 Å². The molecule has 3 nitrogen and oxygen atoms in total. The number of allylic oxidation sites excluding steroid dienone is 5. The summed E-state index contributed by atoms with van der Waals surface area (Å²) in [6.45, 7) is 9.51. The molecule has 0 spiro atoms. The summed E-state index contributed by atoms with van der Waals surface area (Å²) in [5.74, 6) is -0.420. The van der Waals surface area contributed by atoms with E-state index in [1.165, 1.54) is 20.8 Å². The molecule has 15 heavy (non-hydrogen) atoms. The van der Waals surface area contributed by atoms with Gasteiger partial charge in [0, 0.05) is 5.57 Å². The Morgan fingerprint density at radius 1 is 0.933 bits per heavy atom. The van der Waals surface area contributed by atoms with Crippen LogP contribution >= 0.6 is 0 Å². The van der Waals surface area contributed by atoms with Crippen molar-refractivity contribution in [1.82, 2.24) is 0 Å². The van der Waals surface area contributed by atoms with Gasteiger partial charge in [-0.3, -0.25) is 4.79 Å². The molecule has 0 rings (SSSR count). The maximum atomic E-state index is 11.2. The predicted molar refractivity (Wildman–Crippen MR) is 62.9 cm³/mol. The van der Waals surface area contributed by atoms with Crippen LogP contribution < -0.4 is 0 Å². The minimum Gasteiger partial charge on any atom is -0.512 e. The van der Waals surface area contributed by atoms with Crippen molar-refractivity contribution in [3.8, 4) is 0 Å². The van der Waals surface area contributed by atoms with Crippen molar-refractivity contribution in [2.75, 3.05) is 0 Å². The van der Waals surface area contributed by atoms with Crippen LogP contribution in [0.25, 0.3) is 0 Å². The molecule has 0 aliphatic heterocycles. The first kappa shape index (κ1) is 15.9. The van der Waals surface area contributed by atoms with Gasteiger partial charge in [0.05, 0.1) is 11.3 Å². The summed E-state index contributed by atoms with van der Waals surface area (Å²) < 4.78 is 0. The van der Waals surface area contributed by atoms with Crippen molar-refractivity contribution in [3.63, 3.8) is 0 Å². The van der Waals surface area contributed by atoms with Crippen molar-refractivity contribution in [3.05, 3.63) is 34.8 Å². The second kappa shape index (κ2) is 6.06. The summed E-state index contributed by atoms with van der Waals surface area (Å²) in [7, 11) is 0. The van der Waals surface area contributed by atoms with Crippen LogP contribution in [0.5, 0.6) is 0 Å². The summed E-state index contributed by atoms with van der Waals surface area (Å²) >= 11 is 0. The molecule has 0 heterocycles. The molecule has 0 bridgehead atoms. The number of aliphatic hydroxyl groups excluding tert-OH is 2. The normalized spacial score (nSPS) is 13.3. The van der Waals surface area contributed by atoms with Crippen LogP contribution in [0.15, 0.2) is 34.8 Å². The zero-order valence-corrected chi connectivity index (χ0v) is 9.01. The molecule has 0 atom stereocenters. The summed E-state index contributed by atoms with van der Waals surface area (Å²) in [4.78, 5) is 11.2. The highest BCUT2D eigenvalue weighted by molar-refractivity contribution is 5.99. The third-order valence-corrected chi connectivity index (χ3v) is 1.75. The monoisotopic (exact) mass is 212 g/mol. The van der Waals surface area contributed by atoms with E-state index in [1.807, 2.05) is 0 Å². The average molecular weight is 212 g/mol. The van der Waals surface area contributed by atoms with E-state index >= 15 is 0 Å². The van der Waals surface area contributed by atoms with Crippen LogP contribution in [-0.2, 0) is 4.79 Å². The van der Waals surface area contributed by atoms with Gasteiger partial charge in [-0.05, 0) is 33.3 Å². The fraction of sp³-hybridized carbons (Fsp3) is 0.417. The Bertz CT molecular complexity index is 291. The molecule has 0 unspecified atom stereocenters. The largest absolute Gasteiger partial charge is 0.512 e. The Kier molecular flexibility index (Phi) is 6.44. The van der Waals surface area contributed by atoms with Gasteiger partial charge in [-0.2, -0.15) is 0 Å². The molecule has 0 amide bonds. The van der Waals surface area contributed by atoms with E-state index < -0.39 is 0 Å². The van der Waals surface area contributed by atoms with Crippen molar-refractivity contribution in [2.45, 2.75) is 35.1 Å². The molecule has 0 aromatic heterocycles. The number of Topliss-reactive ketones (excluding diaryl/α,β-unsaturated/α-hetero) is 1. The van der Waals surface area contributed by atoms with E-state index in [2.05, 4.69) is 6.58 Å². The fourth-order valence-electron chi connectivity index (χ4n) is 1.31. The maximum Gasteiger partial charge on any atom is 0.163 e. The Morgan fingerprint density at radius 3 is 1.33 bits per heavy atom. The highest BCUT2D eigenvalue weighted by Crippen LogP contribution is 2.23. The van der Waals surface area contributed by atoms with Gasteiger partial charge in [0.25, 0.3) is 0 Å². The lowest BCUT2D eigenvalue weighted by atomic mass is 9.95. The van der Waals surface area contributed by atoms with Gasteiger partial charge in [-0.15, -0.1) is 0 Å². The van der Waals surface area contributed by atoms with Gasteiger partial charge in [-0.1, -0.05) is 14.0 Å². The molecule has 3 heteroatoms. The van der Waals surface area contributed by atoms with Gasteiger partial charge in [-0.25, -0.2) is 0 Å². The number of rotatable bonds is 3. The quantitative estimate of drug-likeness (QED) is 0.428. The van der Waals surface area contributed by atoms with Crippen LogP contribution in [0, 0.1) is 0 Å². The number of ketones is 1. The Labute approximate surface area is 91.4 Å². The van der Waals surface area contributed by atoms with E-state index in [0.717, 1.165) is 0 Å². The maximum absolute atomic E-state index is 11.2. The summed E-state index contributed by atoms with van der Waals surface area (Å²) in [6, 6.07) is 0. The van der Waals surface area contributed by atoms with Gasteiger partial charge >= 0.3 is 0 Å². The summed E-state index contributed by atoms with van der Waals surface area (Å²) in [5.41, 5.74) is 0.985. The molecule has 86 valence electrons. The van der Waals surface area contributed by atoms with Crippen molar-refractivity contribution in [2.24, 2.45) is 0 Å². The number of hydrogen-bond donors (Lipinski definition) is 2. The second-order valence-corrected chi connectivity index (χ2v) is 3.26. The van der Waals surface area contributed by atoms with Crippen molar-refractivity contribution >= 4 is 5.78 Å². The highest BCUT2D eigenvalue weighted by Gasteiger charge is 2.17. The smallest absolute Gasteiger partial charge is 0.163 e. The van der Waals surface area contributed by atoms with E-state index in [-0.39, 0.29) is 30.3 Å². The minimum atomic E-state index is -0.295. The number of hydrogen-bond acceptors (Lipinski definition) is 3. The number of carbonyl (C=O) groups excluding carboxylic acids is 1. The van der Waals surface area contributed by atoms with Crippen LogP contribution in [0.1, 0.15) is 35.1 Å². The molecule has 0 saturated carbocycles. The first-order valence-corrected chi connectivity index (χ1v) is 4.25. The lowest BCUT2D eigenvalue weighted by Crippen LogP contribution is -2.06. The van der Waals surface area contributed by atoms with E-state index in [1.54, 1.807) is 6.92 Å². The molecule has 0 aliphatic rings. The molecule has 0 fully saturated rings. The zero-order chi connectivity index (χ0) is 11.5.